The summed E-state index contributed by atoms with van der Waals surface area (Å²) in [6.07, 6.45) is 1.92. The van der Waals surface area contributed by atoms with Crippen LogP contribution in [0.15, 0.2) is 48.5 Å². The maximum absolute atomic E-state index is 14.0. The minimum absolute atomic E-state index is 0.0304. The standard InChI is InChI=1S/C40H52N2O9/c1-24-15-16-32-25(2)33(47-36-40(32)31(24)17-18-39(6,49-36)50-51-40)21-34(43)42(22-35(44)48-38(3,4)5)20-19-41-37(45)46-23-30-28-13-9-7-11-26(28)27-12-8-10-14-29(27)30/h7-14,24-25,30-33,36H,15-23H2,1-6H3,(H,41,45)/t24-,25-,31+,32+,33-,36-,39-,40-/m1/s1. The lowest BCUT2D eigenvalue weighted by Crippen LogP contribution is -2.70. The van der Waals surface area contributed by atoms with Gasteiger partial charge in [-0.1, -0.05) is 62.4 Å². The Morgan fingerprint density at radius 3 is 2.31 bits per heavy atom. The number of rotatable bonds is 9. The molecule has 1 spiro atoms. The summed E-state index contributed by atoms with van der Waals surface area (Å²) >= 11 is 0. The highest BCUT2D eigenvalue weighted by Crippen LogP contribution is 2.60. The molecule has 5 fully saturated rings. The number of carbonyl (C=O) groups excluding carboxylic acids is 3. The van der Waals surface area contributed by atoms with Gasteiger partial charge in [-0.25, -0.2) is 14.6 Å². The van der Waals surface area contributed by atoms with Gasteiger partial charge in [0.2, 0.25) is 11.7 Å². The normalized spacial score (nSPS) is 32.2. The lowest BCUT2D eigenvalue weighted by molar-refractivity contribution is -0.570. The van der Waals surface area contributed by atoms with Gasteiger partial charge in [0.25, 0.3) is 0 Å². The number of nitrogens with one attached hydrogen (secondary N) is 1. The molecule has 2 aromatic rings. The van der Waals surface area contributed by atoms with Gasteiger partial charge < -0.3 is 29.2 Å². The van der Waals surface area contributed by atoms with Gasteiger partial charge in [0, 0.05) is 31.3 Å². The predicted molar refractivity (Wildman–Crippen MR) is 187 cm³/mol. The Labute approximate surface area is 300 Å². The molecule has 11 heteroatoms. The van der Waals surface area contributed by atoms with Crippen molar-refractivity contribution in [1.82, 2.24) is 10.2 Å². The van der Waals surface area contributed by atoms with Crippen molar-refractivity contribution in [3.63, 3.8) is 0 Å². The van der Waals surface area contributed by atoms with E-state index in [0.717, 1.165) is 41.5 Å². The van der Waals surface area contributed by atoms with Crippen LogP contribution in [-0.4, -0.2) is 78.5 Å². The summed E-state index contributed by atoms with van der Waals surface area (Å²) in [5.41, 5.74) is 3.10. The second-order valence-corrected chi connectivity index (χ2v) is 16.3. The molecule has 276 valence electrons. The van der Waals surface area contributed by atoms with Crippen molar-refractivity contribution in [3.05, 3.63) is 59.7 Å². The van der Waals surface area contributed by atoms with E-state index in [4.69, 9.17) is 28.7 Å². The third kappa shape index (κ3) is 6.90. The molecule has 4 saturated heterocycles. The van der Waals surface area contributed by atoms with Crippen molar-refractivity contribution in [1.29, 1.82) is 0 Å². The van der Waals surface area contributed by atoms with E-state index < -0.39 is 41.4 Å². The van der Waals surface area contributed by atoms with Crippen LogP contribution in [0.1, 0.15) is 90.7 Å². The first kappa shape index (κ1) is 35.9. The largest absolute Gasteiger partial charge is 0.459 e. The number of hydrogen-bond acceptors (Lipinski definition) is 9. The maximum Gasteiger partial charge on any atom is 0.407 e. The number of alkyl carbamates (subject to hydrolysis) is 1. The minimum atomic E-state index is -0.916. The van der Waals surface area contributed by atoms with Crippen LogP contribution in [0.3, 0.4) is 0 Å². The number of nitrogens with zero attached hydrogens (tertiary/aromatic N) is 1. The Balaban J connectivity index is 1.00. The van der Waals surface area contributed by atoms with E-state index in [2.05, 4.69) is 43.4 Å². The first-order valence-electron chi connectivity index (χ1n) is 18.6. The average molecular weight is 705 g/mol. The molecular weight excluding hydrogens is 652 g/mol. The quantitative estimate of drug-likeness (QED) is 0.236. The molecule has 8 atom stereocenters. The molecular formula is C40H52N2O9. The topological polar surface area (TPSA) is 122 Å². The Hall–Kier alpha value is -3.51. The fraction of sp³-hybridized carbons (Fsp3) is 0.625. The SMILES string of the molecule is C[C@H]1[C@@H](CC(=O)N(CCNC(=O)OCC2c3ccccc3-c3ccccc32)CC(=O)OC(C)(C)C)O[C@@H]2O[C@@]3(C)CC[C@H]4[C@H](C)CC[C@@H]1[C@@]24OO3. The number of amides is 2. The van der Waals surface area contributed by atoms with Crippen LogP contribution >= 0.6 is 0 Å². The van der Waals surface area contributed by atoms with Crippen LogP contribution in [0.5, 0.6) is 0 Å². The summed E-state index contributed by atoms with van der Waals surface area (Å²) < 4.78 is 24.4. The van der Waals surface area contributed by atoms with E-state index in [9.17, 15) is 14.4 Å². The third-order valence-electron chi connectivity index (χ3n) is 11.8. The fourth-order valence-corrected chi connectivity index (χ4v) is 9.28. The van der Waals surface area contributed by atoms with Crippen molar-refractivity contribution < 1.29 is 43.1 Å². The van der Waals surface area contributed by atoms with Crippen molar-refractivity contribution >= 4 is 18.0 Å². The molecule has 0 unspecified atom stereocenters. The molecule has 8 rings (SSSR count). The Morgan fingerprint density at radius 1 is 0.941 bits per heavy atom. The van der Waals surface area contributed by atoms with Crippen LogP contribution in [0.25, 0.3) is 11.1 Å². The van der Waals surface area contributed by atoms with Crippen LogP contribution < -0.4 is 5.32 Å². The second-order valence-electron chi connectivity index (χ2n) is 16.3. The highest BCUT2D eigenvalue weighted by atomic mass is 17.3. The van der Waals surface area contributed by atoms with E-state index in [1.807, 2.05) is 31.2 Å². The van der Waals surface area contributed by atoms with Crippen molar-refractivity contribution in [2.24, 2.45) is 23.7 Å². The number of ether oxygens (including phenoxy) is 4. The fourth-order valence-electron chi connectivity index (χ4n) is 9.28. The molecule has 0 aromatic heterocycles. The number of fused-ring (bicyclic) bond motifs is 5. The second kappa shape index (κ2) is 13.8. The number of hydrogen-bond donors (Lipinski definition) is 1. The molecule has 0 radical (unpaired) electrons. The lowest BCUT2D eigenvalue weighted by atomic mass is 9.57. The maximum atomic E-state index is 14.0. The first-order chi connectivity index (χ1) is 24.3. The van der Waals surface area contributed by atoms with Gasteiger partial charge >= 0.3 is 12.1 Å². The van der Waals surface area contributed by atoms with Gasteiger partial charge in [-0.05, 0) is 87.0 Å². The number of esters is 1. The summed E-state index contributed by atoms with van der Waals surface area (Å²) in [7, 11) is 0. The summed E-state index contributed by atoms with van der Waals surface area (Å²) in [4.78, 5) is 53.6. The Bertz CT molecular complexity index is 1600. The van der Waals surface area contributed by atoms with Crippen molar-refractivity contribution in [2.75, 3.05) is 26.2 Å². The Kier molecular flexibility index (Phi) is 9.71. The molecule has 2 aliphatic carbocycles. The van der Waals surface area contributed by atoms with E-state index in [1.165, 1.54) is 4.90 Å². The van der Waals surface area contributed by atoms with Crippen molar-refractivity contribution in [3.8, 4) is 11.1 Å². The van der Waals surface area contributed by atoms with Gasteiger partial charge in [0.15, 0.2) is 11.9 Å². The average Bonchev–Trinajstić information content (AvgIpc) is 3.22. The zero-order valence-corrected chi connectivity index (χ0v) is 30.6. The van der Waals surface area contributed by atoms with Crippen LogP contribution in [0.2, 0.25) is 0 Å². The smallest absolute Gasteiger partial charge is 0.407 e. The van der Waals surface area contributed by atoms with E-state index >= 15 is 0 Å². The van der Waals surface area contributed by atoms with Crippen LogP contribution in [-0.2, 0) is 38.3 Å². The molecule has 51 heavy (non-hydrogen) atoms. The van der Waals surface area contributed by atoms with Gasteiger partial charge in [0.1, 0.15) is 18.8 Å². The molecule has 2 amide bonds. The highest BCUT2D eigenvalue weighted by Gasteiger charge is 2.69. The number of carbonyl (C=O) groups is 3. The van der Waals surface area contributed by atoms with Crippen LogP contribution in [0.4, 0.5) is 4.79 Å². The van der Waals surface area contributed by atoms with Crippen LogP contribution in [0, 0.1) is 23.7 Å². The summed E-state index contributed by atoms with van der Waals surface area (Å²) in [6, 6.07) is 16.3. The molecule has 4 aliphatic heterocycles. The van der Waals surface area contributed by atoms with Crippen molar-refractivity contribution in [2.45, 2.75) is 109 Å². The minimum Gasteiger partial charge on any atom is -0.459 e. The Morgan fingerprint density at radius 2 is 1.63 bits per heavy atom. The zero-order chi connectivity index (χ0) is 36.1. The zero-order valence-electron chi connectivity index (χ0n) is 30.6. The van der Waals surface area contributed by atoms with E-state index in [1.54, 1.807) is 20.8 Å². The molecule has 4 heterocycles. The predicted octanol–water partition coefficient (Wildman–Crippen LogP) is 6.34. The van der Waals surface area contributed by atoms with Gasteiger partial charge in [-0.3, -0.25) is 9.59 Å². The summed E-state index contributed by atoms with van der Waals surface area (Å²) in [5.74, 6) is -1.09. The molecule has 2 aromatic carbocycles. The molecule has 11 nitrogen and oxygen atoms in total. The van der Waals surface area contributed by atoms with E-state index in [0.29, 0.717) is 12.3 Å². The molecule has 1 N–H and O–H groups in total. The highest BCUT2D eigenvalue weighted by molar-refractivity contribution is 5.83. The summed E-state index contributed by atoms with van der Waals surface area (Å²) in [5, 5.41) is 2.78. The van der Waals surface area contributed by atoms with Gasteiger partial charge in [0.05, 0.1) is 12.5 Å². The molecule has 1 saturated carbocycles. The number of benzene rings is 2. The monoisotopic (exact) mass is 704 g/mol. The third-order valence-corrected chi connectivity index (χ3v) is 11.8. The summed E-state index contributed by atoms with van der Waals surface area (Å²) in [6.45, 7) is 11.7. The molecule has 6 aliphatic rings. The van der Waals surface area contributed by atoms with Gasteiger partial charge in [-0.2, -0.15) is 0 Å². The van der Waals surface area contributed by atoms with Gasteiger partial charge in [-0.15, -0.1) is 0 Å². The lowest BCUT2D eigenvalue weighted by Gasteiger charge is -2.60. The first-order valence-corrected chi connectivity index (χ1v) is 18.6. The van der Waals surface area contributed by atoms with E-state index in [-0.39, 0.29) is 62.2 Å². The molecule has 2 bridgehead atoms.